The summed E-state index contributed by atoms with van der Waals surface area (Å²) in [6, 6.07) is 0.0190. The highest BCUT2D eigenvalue weighted by atomic mass is 16.5. The van der Waals surface area contributed by atoms with Crippen LogP contribution in [0.2, 0.25) is 0 Å². The fourth-order valence-electron chi connectivity index (χ4n) is 5.11. The van der Waals surface area contributed by atoms with E-state index in [1.165, 1.54) is 38.5 Å². The van der Waals surface area contributed by atoms with Crippen LogP contribution in [0.25, 0.3) is 0 Å². The lowest BCUT2D eigenvalue weighted by Gasteiger charge is -2.56. The van der Waals surface area contributed by atoms with Crippen LogP contribution >= 0.6 is 0 Å². The van der Waals surface area contributed by atoms with Crippen molar-refractivity contribution in [3.8, 4) is 0 Å². The van der Waals surface area contributed by atoms with Gasteiger partial charge in [-0.15, -0.1) is 0 Å². The highest BCUT2D eigenvalue weighted by Gasteiger charge is 2.51. The molecule has 0 radical (unpaired) electrons. The molecule has 0 aromatic heterocycles. The third-order valence-electron chi connectivity index (χ3n) is 5.49. The molecule has 0 saturated heterocycles. The standard InChI is InChI=1S/C16H29N3O2/c1-21-5-4-17-2-3-18-15(20)19-16-9-12-6-13(10-16)8-14(7-12)11-16/h12-14,17H,2-11H2,1H3,(H2,18,19,20). The number of nitrogens with one attached hydrogen (secondary N) is 3. The molecule has 2 amide bonds. The Balaban J connectivity index is 1.39. The Labute approximate surface area is 127 Å². The average molecular weight is 295 g/mol. The summed E-state index contributed by atoms with van der Waals surface area (Å²) >= 11 is 0. The van der Waals surface area contributed by atoms with Crippen molar-refractivity contribution in [1.82, 2.24) is 16.0 Å². The van der Waals surface area contributed by atoms with Crippen molar-refractivity contribution in [2.24, 2.45) is 17.8 Å². The van der Waals surface area contributed by atoms with Crippen molar-refractivity contribution in [1.29, 1.82) is 0 Å². The number of hydrogen-bond acceptors (Lipinski definition) is 3. The molecule has 120 valence electrons. The topological polar surface area (TPSA) is 62.4 Å². The van der Waals surface area contributed by atoms with Crippen LogP contribution in [-0.4, -0.2) is 44.9 Å². The van der Waals surface area contributed by atoms with Crippen molar-refractivity contribution in [3.05, 3.63) is 0 Å². The summed E-state index contributed by atoms with van der Waals surface area (Å²) in [5.74, 6) is 2.60. The molecule has 0 spiro atoms. The maximum Gasteiger partial charge on any atom is 0.315 e. The number of methoxy groups -OCH3 is 1. The van der Waals surface area contributed by atoms with Gasteiger partial charge in [0.05, 0.1) is 6.61 Å². The van der Waals surface area contributed by atoms with Crippen LogP contribution in [0.4, 0.5) is 4.79 Å². The summed E-state index contributed by atoms with van der Waals surface area (Å²) in [5.41, 5.74) is 0.113. The molecule has 4 saturated carbocycles. The number of rotatable bonds is 7. The van der Waals surface area contributed by atoms with Gasteiger partial charge in [-0.1, -0.05) is 0 Å². The van der Waals surface area contributed by atoms with E-state index in [4.69, 9.17) is 4.74 Å². The second-order valence-electron chi connectivity index (χ2n) is 7.32. The smallest absolute Gasteiger partial charge is 0.315 e. The lowest BCUT2D eigenvalue weighted by Crippen LogP contribution is -2.61. The van der Waals surface area contributed by atoms with Gasteiger partial charge in [0.2, 0.25) is 0 Å². The normalized spacial score (nSPS) is 36.7. The maximum absolute atomic E-state index is 12.1. The molecule has 0 aliphatic heterocycles. The molecule has 3 N–H and O–H groups in total. The van der Waals surface area contributed by atoms with Crippen LogP contribution in [0.1, 0.15) is 38.5 Å². The summed E-state index contributed by atoms with van der Waals surface area (Å²) in [7, 11) is 1.69. The van der Waals surface area contributed by atoms with E-state index >= 15 is 0 Å². The second-order valence-corrected chi connectivity index (χ2v) is 7.32. The second kappa shape index (κ2) is 6.53. The summed E-state index contributed by atoms with van der Waals surface area (Å²) in [4.78, 5) is 12.1. The van der Waals surface area contributed by atoms with Gasteiger partial charge in [0, 0.05) is 32.3 Å². The molecule has 0 heterocycles. The molecule has 4 bridgehead atoms. The van der Waals surface area contributed by atoms with E-state index in [1.807, 2.05) is 0 Å². The van der Waals surface area contributed by atoms with Gasteiger partial charge in [0.15, 0.2) is 0 Å². The largest absolute Gasteiger partial charge is 0.383 e. The van der Waals surface area contributed by atoms with Gasteiger partial charge in [-0.05, 0) is 56.3 Å². The first-order valence-corrected chi connectivity index (χ1v) is 8.45. The zero-order valence-corrected chi connectivity index (χ0v) is 13.1. The van der Waals surface area contributed by atoms with Crippen molar-refractivity contribution >= 4 is 6.03 Å². The SMILES string of the molecule is COCCNCCNC(=O)NC12CC3CC(CC(C3)C1)C2. The molecule has 4 aliphatic carbocycles. The number of amides is 2. The van der Waals surface area contributed by atoms with Gasteiger partial charge in [-0.25, -0.2) is 4.79 Å². The first-order valence-electron chi connectivity index (χ1n) is 8.45. The van der Waals surface area contributed by atoms with Gasteiger partial charge in [-0.2, -0.15) is 0 Å². The van der Waals surface area contributed by atoms with Crippen molar-refractivity contribution < 1.29 is 9.53 Å². The van der Waals surface area contributed by atoms with E-state index in [0.717, 1.165) is 30.8 Å². The highest BCUT2D eigenvalue weighted by Crippen LogP contribution is 2.55. The van der Waals surface area contributed by atoms with Crippen molar-refractivity contribution in [2.75, 3.05) is 33.4 Å². The molecule has 0 unspecified atom stereocenters. The molecule has 4 rings (SSSR count). The average Bonchev–Trinajstić information content (AvgIpc) is 2.40. The molecular formula is C16H29N3O2. The van der Waals surface area contributed by atoms with E-state index in [1.54, 1.807) is 7.11 Å². The monoisotopic (exact) mass is 295 g/mol. The first-order chi connectivity index (χ1) is 10.2. The summed E-state index contributed by atoms with van der Waals surface area (Å²) < 4.78 is 4.97. The van der Waals surface area contributed by atoms with Crippen LogP contribution in [0.15, 0.2) is 0 Å². The van der Waals surface area contributed by atoms with Crippen LogP contribution in [0.3, 0.4) is 0 Å². The quantitative estimate of drug-likeness (QED) is 0.624. The molecule has 0 aromatic rings. The van der Waals surface area contributed by atoms with Crippen LogP contribution < -0.4 is 16.0 Å². The molecule has 0 atom stereocenters. The van der Waals surface area contributed by atoms with Crippen LogP contribution in [0.5, 0.6) is 0 Å². The maximum atomic E-state index is 12.1. The van der Waals surface area contributed by atoms with Gasteiger partial charge in [0.25, 0.3) is 0 Å². The molecule has 4 fully saturated rings. The Bertz CT molecular complexity index is 337. The van der Waals surface area contributed by atoms with Gasteiger partial charge < -0.3 is 20.7 Å². The lowest BCUT2D eigenvalue weighted by molar-refractivity contribution is -0.0135. The fraction of sp³-hybridized carbons (Fsp3) is 0.938. The molecule has 0 aromatic carbocycles. The Morgan fingerprint density at radius 1 is 1.05 bits per heavy atom. The first kappa shape index (κ1) is 15.1. The molecule has 4 aliphatic rings. The number of ether oxygens (including phenoxy) is 1. The number of carbonyl (C=O) groups is 1. The van der Waals surface area contributed by atoms with E-state index in [-0.39, 0.29) is 11.6 Å². The Hall–Kier alpha value is -0.810. The Kier molecular flexibility index (Phi) is 4.69. The molecular weight excluding hydrogens is 266 g/mol. The summed E-state index contributed by atoms with van der Waals surface area (Å²) in [6.07, 6.45) is 7.85. The van der Waals surface area contributed by atoms with Crippen molar-refractivity contribution in [3.63, 3.8) is 0 Å². The minimum atomic E-state index is 0.0190. The number of urea groups is 1. The van der Waals surface area contributed by atoms with Crippen molar-refractivity contribution in [2.45, 2.75) is 44.1 Å². The molecule has 21 heavy (non-hydrogen) atoms. The van der Waals surface area contributed by atoms with Gasteiger partial charge >= 0.3 is 6.03 Å². The minimum absolute atomic E-state index is 0.0190. The third-order valence-corrected chi connectivity index (χ3v) is 5.49. The van der Waals surface area contributed by atoms with Gasteiger partial charge in [0.1, 0.15) is 0 Å². The van der Waals surface area contributed by atoms with Gasteiger partial charge in [-0.3, -0.25) is 0 Å². The zero-order valence-electron chi connectivity index (χ0n) is 13.1. The fourth-order valence-corrected chi connectivity index (χ4v) is 5.11. The number of carbonyl (C=O) groups excluding carboxylic acids is 1. The zero-order chi connectivity index (χ0) is 14.7. The van der Waals surface area contributed by atoms with E-state index in [0.29, 0.717) is 13.2 Å². The minimum Gasteiger partial charge on any atom is -0.383 e. The van der Waals surface area contributed by atoms with E-state index in [9.17, 15) is 4.79 Å². The summed E-state index contributed by atoms with van der Waals surface area (Å²) in [5, 5.41) is 9.54. The Morgan fingerprint density at radius 3 is 2.24 bits per heavy atom. The predicted octanol–water partition coefficient (Wildman–Crippen LogP) is 1.49. The highest BCUT2D eigenvalue weighted by molar-refractivity contribution is 5.74. The van der Waals surface area contributed by atoms with E-state index in [2.05, 4.69) is 16.0 Å². The van der Waals surface area contributed by atoms with E-state index < -0.39 is 0 Å². The summed E-state index contributed by atoms with van der Waals surface area (Å²) in [6.45, 7) is 2.99. The molecule has 5 nitrogen and oxygen atoms in total. The Morgan fingerprint density at radius 2 is 1.67 bits per heavy atom. The third kappa shape index (κ3) is 3.69. The number of hydrogen-bond donors (Lipinski definition) is 3. The van der Waals surface area contributed by atoms with Crippen LogP contribution in [-0.2, 0) is 4.74 Å². The van der Waals surface area contributed by atoms with Crippen LogP contribution in [0, 0.1) is 17.8 Å². The predicted molar refractivity (Wildman–Crippen MR) is 82.2 cm³/mol. The lowest BCUT2D eigenvalue weighted by atomic mass is 9.53. The molecule has 5 heteroatoms.